The van der Waals surface area contributed by atoms with Crippen molar-refractivity contribution in [3.8, 4) is 0 Å². The number of nitrogens with zero attached hydrogens (tertiary/aromatic N) is 2. The summed E-state index contributed by atoms with van der Waals surface area (Å²) in [6.07, 6.45) is 1.88. The van der Waals surface area contributed by atoms with Gasteiger partial charge in [0.25, 0.3) is 0 Å². The molecular formula is C23H23N3O2. The molecule has 1 atom stereocenters. The molecular weight excluding hydrogens is 350 g/mol. The van der Waals surface area contributed by atoms with E-state index in [0.29, 0.717) is 19.4 Å². The predicted molar refractivity (Wildman–Crippen MR) is 108 cm³/mol. The van der Waals surface area contributed by atoms with Crippen LogP contribution in [0.15, 0.2) is 54.6 Å². The summed E-state index contributed by atoms with van der Waals surface area (Å²) in [4.78, 5) is 32.7. The number of nitrogens with one attached hydrogen (secondary N) is 1. The van der Waals surface area contributed by atoms with Crippen LogP contribution >= 0.6 is 0 Å². The highest BCUT2D eigenvalue weighted by molar-refractivity contribution is 6.05. The number of aromatic amines is 1. The third-order valence-electron chi connectivity index (χ3n) is 6.04. The summed E-state index contributed by atoms with van der Waals surface area (Å²) in [6, 6.07) is 18.0. The highest BCUT2D eigenvalue weighted by atomic mass is 16.2. The summed E-state index contributed by atoms with van der Waals surface area (Å²) in [6.45, 7) is 1.98. The fourth-order valence-electron chi connectivity index (χ4n) is 4.52. The Hall–Kier alpha value is -2.92. The van der Waals surface area contributed by atoms with Gasteiger partial charge < -0.3 is 4.98 Å². The number of hydrogen-bond acceptors (Lipinski definition) is 3. The van der Waals surface area contributed by atoms with Gasteiger partial charge >= 0.3 is 0 Å². The van der Waals surface area contributed by atoms with Crippen molar-refractivity contribution in [2.45, 2.75) is 31.8 Å². The summed E-state index contributed by atoms with van der Waals surface area (Å²) in [5.74, 6) is -0.0834. The number of aromatic nitrogens is 1. The zero-order valence-electron chi connectivity index (χ0n) is 15.7. The van der Waals surface area contributed by atoms with Gasteiger partial charge in [-0.2, -0.15) is 0 Å². The average Bonchev–Trinajstić information content (AvgIpc) is 3.24. The summed E-state index contributed by atoms with van der Waals surface area (Å²) in [7, 11) is 0. The third kappa shape index (κ3) is 2.92. The zero-order chi connectivity index (χ0) is 19.1. The fourth-order valence-corrected chi connectivity index (χ4v) is 4.52. The lowest BCUT2D eigenvalue weighted by Crippen LogP contribution is -2.44. The molecule has 2 aliphatic rings. The van der Waals surface area contributed by atoms with E-state index in [0.717, 1.165) is 30.6 Å². The van der Waals surface area contributed by atoms with Crippen LogP contribution in [0.4, 0.5) is 0 Å². The Labute approximate surface area is 163 Å². The number of rotatable bonds is 4. The van der Waals surface area contributed by atoms with Gasteiger partial charge in [-0.25, -0.2) is 0 Å². The van der Waals surface area contributed by atoms with E-state index in [9.17, 15) is 9.59 Å². The molecule has 0 aliphatic carbocycles. The number of hydrogen-bond donors (Lipinski definition) is 1. The molecule has 1 aromatic heterocycles. The number of H-pyrrole nitrogens is 1. The topological polar surface area (TPSA) is 56.4 Å². The van der Waals surface area contributed by atoms with Gasteiger partial charge in [-0.3, -0.25) is 19.4 Å². The lowest BCUT2D eigenvalue weighted by Gasteiger charge is -2.31. The van der Waals surface area contributed by atoms with E-state index in [-0.39, 0.29) is 17.9 Å². The number of likely N-dealkylation sites (tertiary alicyclic amines) is 1. The second kappa shape index (κ2) is 6.91. The first-order valence-corrected chi connectivity index (χ1v) is 9.91. The Balaban J connectivity index is 1.32. The van der Waals surface area contributed by atoms with Crippen LogP contribution < -0.4 is 0 Å². The van der Waals surface area contributed by atoms with Crippen LogP contribution in [0.3, 0.4) is 0 Å². The van der Waals surface area contributed by atoms with Crippen molar-refractivity contribution in [1.82, 2.24) is 14.8 Å². The molecule has 1 fully saturated rings. The minimum atomic E-state index is -0.329. The van der Waals surface area contributed by atoms with Gasteiger partial charge in [0.2, 0.25) is 11.8 Å². The number of fused-ring (bicyclic) bond motifs is 3. The van der Waals surface area contributed by atoms with Crippen molar-refractivity contribution < 1.29 is 9.59 Å². The summed E-state index contributed by atoms with van der Waals surface area (Å²) in [5, 5.41) is 1.22. The molecule has 142 valence electrons. The minimum absolute atomic E-state index is 0.0378. The van der Waals surface area contributed by atoms with Crippen molar-refractivity contribution in [2.24, 2.45) is 0 Å². The molecule has 0 bridgehead atoms. The van der Waals surface area contributed by atoms with Gasteiger partial charge in [-0.15, -0.1) is 0 Å². The molecule has 1 saturated heterocycles. The van der Waals surface area contributed by atoms with Crippen LogP contribution in [0.25, 0.3) is 10.9 Å². The van der Waals surface area contributed by atoms with Crippen LogP contribution in [-0.2, 0) is 29.0 Å². The molecule has 0 saturated carbocycles. The van der Waals surface area contributed by atoms with E-state index >= 15 is 0 Å². The number of carbonyl (C=O) groups is 2. The van der Waals surface area contributed by atoms with Gasteiger partial charge in [0.1, 0.15) is 0 Å². The Bertz CT molecular complexity index is 1040. The van der Waals surface area contributed by atoms with Crippen molar-refractivity contribution in [3.05, 3.63) is 71.4 Å². The molecule has 5 rings (SSSR count). The normalized spacial score (nSPS) is 20.1. The number of imide groups is 1. The zero-order valence-corrected chi connectivity index (χ0v) is 15.7. The first-order chi connectivity index (χ1) is 13.7. The fraction of sp³-hybridized carbons (Fsp3) is 0.304. The molecule has 1 N–H and O–H groups in total. The number of amides is 2. The number of carbonyl (C=O) groups excluding carboxylic acids is 2. The summed E-state index contributed by atoms with van der Waals surface area (Å²) in [5.41, 5.74) is 4.82. The minimum Gasteiger partial charge on any atom is -0.358 e. The van der Waals surface area contributed by atoms with Crippen LogP contribution in [0.2, 0.25) is 0 Å². The second-order valence-corrected chi connectivity index (χ2v) is 7.69. The lowest BCUT2D eigenvalue weighted by atomic mass is 10.0. The first kappa shape index (κ1) is 17.2. The van der Waals surface area contributed by atoms with E-state index in [1.54, 1.807) is 0 Å². The Morgan fingerprint density at radius 2 is 1.79 bits per heavy atom. The monoisotopic (exact) mass is 373 g/mol. The summed E-state index contributed by atoms with van der Waals surface area (Å²) < 4.78 is 0. The smallest absolute Gasteiger partial charge is 0.247 e. The molecule has 0 radical (unpaired) electrons. The number of para-hydroxylation sites is 1. The van der Waals surface area contributed by atoms with Crippen molar-refractivity contribution in [3.63, 3.8) is 0 Å². The van der Waals surface area contributed by atoms with E-state index < -0.39 is 0 Å². The Kier molecular flexibility index (Phi) is 4.24. The van der Waals surface area contributed by atoms with Gasteiger partial charge in [0.15, 0.2) is 0 Å². The first-order valence-electron chi connectivity index (χ1n) is 9.91. The van der Waals surface area contributed by atoms with Gasteiger partial charge in [-0.05, 0) is 23.6 Å². The highest BCUT2D eigenvalue weighted by Crippen LogP contribution is 2.30. The summed E-state index contributed by atoms with van der Waals surface area (Å²) >= 11 is 0. The van der Waals surface area contributed by atoms with Crippen molar-refractivity contribution >= 4 is 22.7 Å². The predicted octanol–water partition coefficient (Wildman–Crippen LogP) is 2.90. The van der Waals surface area contributed by atoms with Crippen LogP contribution in [0.1, 0.15) is 23.2 Å². The molecule has 3 aromatic rings. The Morgan fingerprint density at radius 1 is 1.00 bits per heavy atom. The highest BCUT2D eigenvalue weighted by Gasteiger charge is 2.42. The Morgan fingerprint density at radius 3 is 2.64 bits per heavy atom. The molecule has 5 heteroatoms. The maximum atomic E-state index is 13.0. The van der Waals surface area contributed by atoms with Gasteiger partial charge in [-0.1, -0.05) is 48.5 Å². The van der Waals surface area contributed by atoms with E-state index in [1.807, 2.05) is 42.5 Å². The molecule has 2 aromatic carbocycles. The lowest BCUT2D eigenvalue weighted by molar-refractivity contribution is -0.139. The number of benzene rings is 2. The van der Waals surface area contributed by atoms with Crippen LogP contribution in [0, 0.1) is 0 Å². The van der Waals surface area contributed by atoms with Crippen molar-refractivity contribution in [1.29, 1.82) is 0 Å². The largest absolute Gasteiger partial charge is 0.358 e. The molecule has 3 heterocycles. The molecule has 5 nitrogen and oxygen atoms in total. The van der Waals surface area contributed by atoms with Gasteiger partial charge in [0, 0.05) is 42.7 Å². The van der Waals surface area contributed by atoms with Crippen LogP contribution in [0.5, 0.6) is 0 Å². The molecule has 2 amide bonds. The quantitative estimate of drug-likeness (QED) is 0.716. The van der Waals surface area contributed by atoms with Gasteiger partial charge in [0.05, 0.1) is 12.5 Å². The SMILES string of the molecule is O=C1CC(N2CCc3[nH]c4ccccc4c3C2)C(=O)N1CCc1ccccc1. The second-order valence-electron chi connectivity index (χ2n) is 7.69. The van der Waals surface area contributed by atoms with E-state index in [1.165, 1.54) is 21.5 Å². The standard InChI is InChI=1S/C23H23N3O2/c27-22-14-21(23(28)26(22)13-10-16-6-2-1-3-7-16)25-12-11-20-18(15-25)17-8-4-5-9-19(17)24-20/h1-9,21,24H,10-15H2. The maximum Gasteiger partial charge on any atom is 0.247 e. The molecule has 28 heavy (non-hydrogen) atoms. The maximum absolute atomic E-state index is 13.0. The average molecular weight is 373 g/mol. The third-order valence-corrected chi connectivity index (χ3v) is 6.04. The van der Waals surface area contributed by atoms with Crippen LogP contribution in [-0.4, -0.2) is 45.7 Å². The van der Waals surface area contributed by atoms with E-state index in [4.69, 9.17) is 0 Å². The molecule has 0 spiro atoms. The molecule has 2 aliphatic heterocycles. The van der Waals surface area contributed by atoms with Crippen molar-refractivity contribution in [2.75, 3.05) is 13.1 Å². The van der Waals surface area contributed by atoms with E-state index in [2.05, 4.69) is 22.0 Å². The molecule has 1 unspecified atom stereocenters.